The molecule has 122 valence electrons. The number of likely N-dealkylation sites (tertiary alicyclic amines) is 1. The van der Waals surface area contributed by atoms with E-state index in [-0.39, 0.29) is 17.8 Å². The lowest BCUT2D eigenvalue weighted by molar-refractivity contribution is -0.122. The molecule has 1 aromatic carbocycles. The summed E-state index contributed by atoms with van der Waals surface area (Å²) in [4.78, 5) is 14.0. The van der Waals surface area contributed by atoms with Crippen molar-refractivity contribution in [3.63, 3.8) is 0 Å². The molecule has 0 aromatic heterocycles. The number of methoxy groups -OCH3 is 1. The molecule has 1 aromatic rings. The fraction of sp³-hybridized carbons (Fsp3) is 0.562. The number of benzene rings is 1. The third kappa shape index (κ3) is 4.41. The molecule has 1 heterocycles. The van der Waals surface area contributed by atoms with Crippen LogP contribution in [-0.2, 0) is 9.53 Å². The van der Waals surface area contributed by atoms with Crippen LogP contribution in [0.25, 0.3) is 0 Å². The zero-order chi connectivity index (χ0) is 15.9. The van der Waals surface area contributed by atoms with E-state index in [0.29, 0.717) is 30.2 Å². The Labute approximate surface area is 135 Å². The standard InChI is InChI=1S/C16H22ClFN2O2/c1-22-10-7-15(21)19-11-14(20-8-2-3-9-20)16-12(17)5-4-6-13(16)18/h4-6,14H,2-3,7-11H2,1H3,(H,19,21). The monoisotopic (exact) mass is 328 g/mol. The van der Waals surface area contributed by atoms with Crippen LogP contribution in [0.2, 0.25) is 5.02 Å². The van der Waals surface area contributed by atoms with Gasteiger partial charge in [-0.2, -0.15) is 0 Å². The molecule has 1 aliphatic heterocycles. The second-order valence-corrected chi connectivity index (χ2v) is 5.85. The van der Waals surface area contributed by atoms with Gasteiger partial charge in [-0.15, -0.1) is 0 Å². The lowest BCUT2D eigenvalue weighted by atomic mass is 10.0. The first kappa shape index (κ1) is 17.2. The molecule has 1 atom stereocenters. The summed E-state index contributed by atoms with van der Waals surface area (Å²) in [5, 5.41) is 3.27. The molecule has 1 saturated heterocycles. The number of nitrogens with zero attached hydrogens (tertiary/aromatic N) is 1. The summed E-state index contributed by atoms with van der Waals surface area (Å²) in [5.41, 5.74) is 0.470. The topological polar surface area (TPSA) is 41.6 Å². The minimum Gasteiger partial charge on any atom is -0.384 e. The Balaban J connectivity index is 2.11. The van der Waals surface area contributed by atoms with Crippen LogP contribution in [0.3, 0.4) is 0 Å². The van der Waals surface area contributed by atoms with Crippen molar-refractivity contribution in [3.8, 4) is 0 Å². The highest BCUT2D eigenvalue weighted by molar-refractivity contribution is 6.31. The summed E-state index contributed by atoms with van der Waals surface area (Å²) < 4.78 is 19.1. The molecule has 1 fully saturated rings. The zero-order valence-electron chi connectivity index (χ0n) is 12.8. The Morgan fingerprint density at radius 1 is 1.45 bits per heavy atom. The molecule has 1 aliphatic rings. The van der Waals surface area contributed by atoms with Gasteiger partial charge in [-0.1, -0.05) is 17.7 Å². The molecular formula is C16H22ClFN2O2. The van der Waals surface area contributed by atoms with Gasteiger partial charge in [0.05, 0.1) is 12.6 Å². The Hall–Kier alpha value is -1.17. The van der Waals surface area contributed by atoms with Crippen LogP contribution < -0.4 is 5.32 Å². The Kier molecular flexibility index (Phi) is 6.61. The zero-order valence-corrected chi connectivity index (χ0v) is 13.5. The first-order chi connectivity index (χ1) is 10.6. The van der Waals surface area contributed by atoms with Gasteiger partial charge in [0.25, 0.3) is 0 Å². The SMILES string of the molecule is COCCC(=O)NCC(c1c(F)cccc1Cl)N1CCCC1. The number of ether oxygens (including phenoxy) is 1. The van der Waals surface area contributed by atoms with Crippen LogP contribution in [0.4, 0.5) is 4.39 Å². The maximum absolute atomic E-state index is 14.2. The second kappa shape index (κ2) is 8.46. The molecule has 22 heavy (non-hydrogen) atoms. The molecule has 4 nitrogen and oxygen atoms in total. The van der Waals surface area contributed by atoms with Crippen molar-refractivity contribution >= 4 is 17.5 Å². The smallest absolute Gasteiger partial charge is 0.222 e. The van der Waals surface area contributed by atoms with E-state index in [1.807, 2.05) is 0 Å². The predicted molar refractivity (Wildman–Crippen MR) is 84.5 cm³/mol. The van der Waals surface area contributed by atoms with E-state index in [1.165, 1.54) is 6.07 Å². The highest BCUT2D eigenvalue weighted by Crippen LogP contribution is 2.31. The van der Waals surface area contributed by atoms with Crippen LogP contribution in [0, 0.1) is 5.82 Å². The quantitative estimate of drug-likeness (QED) is 0.837. The first-order valence-electron chi connectivity index (χ1n) is 7.57. The van der Waals surface area contributed by atoms with E-state index in [1.54, 1.807) is 19.2 Å². The molecule has 0 spiro atoms. The van der Waals surface area contributed by atoms with E-state index >= 15 is 0 Å². The van der Waals surface area contributed by atoms with Gasteiger partial charge in [0.15, 0.2) is 0 Å². The normalized spacial score (nSPS) is 16.7. The molecule has 0 saturated carbocycles. The molecular weight excluding hydrogens is 307 g/mol. The van der Waals surface area contributed by atoms with Crippen LogP contribution in [0.1, 0.15) is 30.9 Å². The van der Waals surface area contributed by atoms with Gasteiger partial charge in [0.2, 0.25) is 5.91 Å². The van der Waals surface area contributed by atoms with Gasteiger partial charge in [-0.3, -0.25) is 9.69 Å². The van der Waals surface area contributed by atoms with Crippen LogP contribution in [-0.4, -0.2) is 44.2 Å². The van der Waals surface area contributed by atoms with Gasteiger partial charge in [0.1, 0.15) is 5.82 Å². The minimum atomic E-state index is -0.324. The molecule has 1 N–H and O–H groups in total. The second-order valence-electron chi connectivity index (χ2n) is 5.44. The lowest BCUT2D eigenvalue weighted by Crippen LogP contribution is -2.37. The third-order valence-electron chi connectivity index (χ3n) is 3.94. The number of carbonyl (C=O) groups is 1. The van der Waals surface area contributed by atoms with Crippen molar-refractivity contribution in [3.05, 3.63) is 34.6 Å². The largest absolute Gasteiger partial charge is 0.384 e. The lowest BCUT2D eigenvalue weighted by Gasteiger charge is -2.29. The number of carbonyl (C=O) groups excluding carboxylic acids is 1. The molecule has 0 bridgehead atoms. The number of amides is 1. The van der Waals surface area contributed by atoms with E-state index < -0.39 is 0 Å². The maximum atomic E-state index is 14.2. The number of nitrogens with one attached hydrogen (secondary N) is 1. The summed E-state index contributed by atoms with van der Waals surface area (Å²) in [7, 11) is 1.55. The van der Waals surface area contributed by atoms with Crippen molar-refractivity contribution in [1.82, 2.24) is 10.2 Å². The molecule has 1 unspecified atom stereocenters. The first-order valence-corrected chi connectivity index (χ1v) is 7.95. The van der Waals surface area contributed by atoms with E-state index in [0.717, 1.165) is 25.9 Å². The van der Waals surface area contributed by atoms with E-state index in [2.05, 4.69) is 10.2 Å². The van der Waals surface area contributed by atoms with Crippen molar-refractivity contribution in [2.75, 3.05) is 33.4 Å². The molecule has 1 amide bonds. The van der Waals surface area contributed by atoms with Crippen LogP contribution in [0.15, 0.2) is 18.2 Å². The minimum absolute atomic E-state index is 0.0986. The Morgan fingerprint density at radius 3 is 2.82 bits per heavy atom. The van der Waals surface area contributed by atoms with Crippen molar-refractivity contribution in [2.45, 2.75) is 25.3 Å². The van der Waals surface area contributed by atoms with Gasteiger partial charge in [0, 0.05) is 30.7 Å². The average molecular weight is 329 g/mol. The highest BCUT2D eigenvalue weighted by Gasteiger charge is 2.27. The van der Waals surface area contributed by atoms with Gasteiger partial charge < -0.3 is 10.1 Å². The summed E-state index contributed by atoms with van der Waals surface area (Å²) in [6, 6.07) is 4.47. The molecule has 2 rings (SSSR count). The average Bonchev–Trinajstić information content (AvgIpc) is 3.02. The van der Waals surface area contributed by atoms with E-state index in [4.69, 9.17) is 16.3 Å². The Bertz CT molecular complexity index is 487. The molecule has 0 radical (unpaired) electrons. The van der Waals surface area contributed by atoms with Crippen molar-refractivity contribution < 1.29 is 13.9 Å². The van der Waals surface area contributed by atoms with Gasteiger partial charge in [-0.25, -0.2) is 4.39 Å². The predicted octanol–water partition coefficient (Wildman–Crippen LogP) is 2.77. The number of hydrogen-bond acceptors (Lipinski definition) is 3. The fourth-order valence-electron chi connectivity index (χ4n) is 2.79. The molecule has 6 heteroatoms. The van der Waals surface area contributed by atoms with Gasteiger partial charge >= 0.3 is 0 Å². The molecule has 0 aliphatic carbocycles. The summed E-state index contributed by atoms with van der Waals surface area (Å²) in [5.74, 6) is -0.422. The van der Waals surface area contributed by atoms with Crippen molar-refractivity contribution in [1.29, 1.82) is 0 Å². The maximum Gasteiger partial charge on any atom is 0.222 e. The van der Waals surface area contributed by atoms with Crippen LogP contribution in [0.5, 0.6) is 0 Å². The van der Waals surface area contributed by atoms with Gasteiger partial charge in [-0.05, 0) is 38.1 Å². The number of hydrogen-bond donors (Lipinski definition) is 1. The van der Waals surface area contributed by atoms with Crippen LogP contribution >= 0.6 is 11.6 Å². The summed E-state index contributed by atoms with van der Waals surface area (Å²) in [6.45, 7) is 2.51. The summed E-state index contributed by atoms with van der Waals surface area (Å²) in [6.07, 6.45) is 2.47. The number of halogens is 2. The summed E-state index contributed by atoms with van der Waals surface area (Å²) >= 11 is 6.20. The number of rotatable bonds is 7. The third-order valence-corrected chi connectivity index (χ3v) is 4.27. The highest BCUT2D eigenvalue weighted by atomic mass is 35.5. The van der Waals surface area contributed by atoms with Crippen molar-refractivity contribution in [2.24, 2.45) is 0 Å². The fourth-order valence-corrected chi connectivity index (χ4v) is 3.08. The van der Waals surface area contributed by atoms with E-state index in [9.17, 15) is 9.18 Å². The Morgan fingerprint density at radius 2 is 2.18 bits per heavy atom.